The average Bonchev–Trinajstić information content (AvgIpc) is 2.64. The molecule has 2 rings (SSSR count). The average molecular weight is 326 g/mol. The summed E-state index contributed by atoms with van der Waals surface area (Å²) in [6, 6.07) is 15.4. The fraction of sp³-hybridized carbons (Fsp3) is 0.300. The highest BCUT2D eigenvalue weighted by atomic mass is 16.6. The Balaban J connectivity index is 1.82. The van der Waals surface area contributed by atoms with Crippen LogP contribution in [0.25, 0.3) is 0 Å². The van der Waals surface area contributed by atoms with Gasteiger partial charge in [-0.15, -0.1) is 0 Å². The normalized spacial score (nSPS) is 10.2. The SMILES string of the molecule is CCc1cccc(COC(=O)C(=O)OCc2cccc(CC)c2)c1. The number of carbonyl (C=O) groups is 2. The first-order valence-electron chi connectivity index (χ1n) is 8.12. The van der Waals surface area contributed by atoms with E-state index in [1.165, 1.54) is 0 Å². The Morgan fingerprint density at radius 2 is 1.08 bits per heavy atom. The second-order valence-electron chi connectivity index (χ2n) is 5.50. The van der Waals surface area contributed by atoms with Gasteiger partial charge in [-0.2, -0.15) is 0 Å². The highest BCUT2D eigenvalue weighted by Gasteiger charge is 2.17. The van der Waals surface area contributed by atoms with E-state index in [0.717, 1.165) is 35.1 Å². The highest BCUT2D eigenvalue weighted by Crippen LogP contribution is 2.09. The number of carbonyl (C=O) groups excluding carboxylic acids is 2. The molecule has 0 saturated carbocycles. The molecule has 2 aromatic rings. The van der Waals surface area contributed by atoms with E-state index in [-0.39, 0.29) is 13.2 Å². The molecular weight excluding hydrogens is 304 g/mol. The predicted octanol–water partition coefficient (Wildman–Crippen LogP) is 3.60. The van der Waals surface area contributed by atoms with Gasteiger partial charge in [-0.1, -0.05) is 62.4 Å². The van der Waals surface area contributed by atoms with Crippen LogP contribution in [-0.2, 0) is 45.1 Å². The third kappa shape index (κ3) is 5.23. The number of benzene rings is 2. The summed E-state index contributed by atoms with van der Waals surface area (Å²) in [5, 5.41) is 0. The Morgan fingerprint density at radius 1 is 0.708 bits per heavy atom. The molecule has 0 spiro atoms. The third-order valence-electron chi connectivity index (χ3n) is 3.71. The van der Waals surface area contributed by atoms with E-state index < -0.39 is 11.9 Å². The van der Waals surface area contributed by atoms with Crippen LogP contribution in [0.4, 0.5) is 0 Å². The number of hydrogen-bond acceptors (Lipinski definition) is 4. The van der Waals surface area contributed by atoms with Gasteiger partial charge in [-0.05, 0) is 35.1 Å². The molecule has 0 N–H and O–H groups in total. The van der Waals surface area contributed by atoms with Crippen molar-refractivity contribution in [2.24, 2.45) is 0 Å². The van der Waals surface area contributed by atoms with Crippen molar-refractivity contribution in [3.63, 3.8) is 0 Å². The van der Waals surface area contributed by atoms with Gasteiger partial charge in [-0.3, -0.25) is 0 Å². The summed E-state index contributed by atoms with van der Waals surface area (Å²) in [5.41, 5.74) is 4.01. The van der Waals surface area contributed by atoms with Crippen LogP contribution in [0.15, 0.2) is 48.5 Å². The van der Waals surface area contributed by atoms with Crippen molar-refractivity contribution in [3.05, 3.63) is 70.8 Å². The molecule has 0 aromatic heterocycles. The Kier molecular flexibility index (Phi) is 6.55. The Hall–Kier alpha value is -2.62. The zero-order valence-corrected chi connectivity index (χ0v) is 14.1. The van der Waals surface area contributed by atoms with Crippen molar-refractivity contribution < 1.29 is 19.1 Å². The van der Waals surface area contributed by atoms with Crippen LogP contribution in [0.3, 0.4) is 0 Å². The van der Waals surface area contributed by atoms with Crippen LogP contribution in [0, 0.1) is 0 Å². The summed E-state index contributed by atoms with van der Waals surface area (Å²) in [4.78, 5) is 23.4. The second-order valence-corrected chi connectivity index (χ2v) is 5.50. The zero-order chi connectivity index (χ0) is 17.4. The number of rotatable bonds is 6. The minimum atomic E-state index is -0.969. The van der Waals surface area contributed by atoms with Gasteiger partial charge in [0.25, 0.3) is 0 Å². The Bertz CT molecular complexity index is 645. The molecule has 2 aromatic carbocycles. The van der Waals surface area contributed by atoms with Crippen LogP contribution >= 0.6 is 0 Å². The molecule has 0 aliphatic rings. The van der Waals surface area contributed by atoms with Crippen LogP contribution in [0.5, 0.6) is 0 Å². The largest absolute Gasteiger partial charge is 0.452 e. The predicted molar refractivity (Wildman–Crippen MR) is 91.2 cm³/mol. The van der Waals surface area contributed by atoms with Crippen molar-refractivity contribution in [1.29, 1.82) is 0 Å². The van der Waals surface area contributed by atoms with Crippen molar-refractivity contribution >= 4 is 11.9 Å². The quantitative estimate of drug-likeness (QED) is 0.601. The second kappa shape index (κ2) is 8.87. The maximum Gasteiger partial charge on any atom is 0.417 e. The van der Waals surface area contributed by atoms with E-state index >= 15 is 0 Å². The van der Waals surface area contributed by atoms with Gasteiger partial charge in [0, 0.05) is 0 Å². The van der Waals surface area contributed by atoms with Crippen LogP contribution in [-0.4, -0.2) is 11.9 Å². The zero-order valence-electron chi connectivity index (χ0n) is 14.1. The molecule has 0 aliphatic heterocycles. The van der Waals surface area contributed by atoms with Gasteiger partial charge in [-0.25, -0.2) is 9.59 Å². The molecule has 0 unspecified atom stereocenters. The van der Waals surface area contributed by atoms with Crippen LogP contribution in [0.2, 0.25) is 0 Å². The molecule has 0 atom stereocenters. The molecular formula is C20H22O4. The fourth-order valence-corrected chi connectivity index (χ4v) is 2.29. The molecule has 126 valence electrons. The lowest BCUT2D eigenvalue weighted by atomic mass is 10.1. The van der Waals surface area contributed by atoms with Gasteiger partial charge < -0.3 is 9.47 Å². The lowest BCUT2D eigenvalue weighted by Gasteiger charge is -2.07. The van der Waals surface area contributed by atoms with Gasteiger partial charge in [0.15, 0.2) is 0 Å². The number of ether oxygens (including phenoxy) is 2. The standard InChI is InChI=1S/C20H22O4/c1-3-15-7-5-9-17(11-15)13-23-19(21)20(22)24-14-18-10-6-8-16(4-2)12-18/h5-12H,3-4,13-14H2,1-2H3. The summed E-state index contributed by atoms with van der Waals surface area (Å²) in [5.74, 6) is -1.94. The molecule has 24 heavy (non-hydrogen) atoms. The van der Waals surface area contributed by atoms with E-state index in [0.29, 0.717) is 0 Å². The van der Waals surface area contributed by atoms with Gasteiger partial charge in [0.2, 0.25) is 0 Å². The van der Waals surface area contributed by atoms with E-state index in [4.69, 9.17) is 9.47 Å². The molecule has 0 heterocycles. The minimum Gasteiger partial charge on any atom is -0.452 e. The Morgan fingerprint density at radius 3 is 1.46 bits per heavy atom. The van der Waals surface area contributed by atoms with E-state index in [9.17, 15) is 9.59 Å². The fourth-order valence-electron chi connectivity index (χ4n) is 2.29. The van der Waals surface area contributed by atoms with Crippen molar-refractivity contribution in [1.82, 2.24) is 0 Å². The number of hydrogen-bond donors (Lipinski definition) is 0. The first-order chi connectivity index (χ1) is 11.6. The topological polar surface area (TPSA) is 52.6 Å². The summed E-state index contributed by atoms with van der Waals surface area (Å²) >= 11 is 0. The van der Waals surface area contributed by atoms with Gasteiger partial charge in [0.05, 0.1) is 0 Å². The van der Waals surface area contributed by atoms with Gasteiger partial charge in [0.1, 0.15) is 13.2 Å². The molecule has 0 bridgehead atoms. The number of aryl methyl sites for hydroxylation is 2. The summed E-state index contributed by atoms with van der Waals surface area (Å²) in [6.45, 7) is 4.23. The molecule has 0 aliphatic carbocycles. The lowest BCUT2D eigenvalue weighted by Crippen LogP contribution is -2.20. The highest BCUT2D eigenvalue weighted by molar-refractivity contribution is 6.29. The third-order valence-corrected chi connectivity index (χ3v) is 3.71. The summed E-state index contributed by atoms with van der Waals surface area (Å²) in [6.07, 6.45) is 1.81. The van der Waals surface area contributed by atoms with Crippen molar-refractivity contribution in [2.45, 2.75) is 39.9 Å². The first kappa shape index (κ1) is 17.7. The molecule has 0 fully saturated rings. The first-order valence-corrected chi connectivity index (χ1v) is 8.12. The van der Waals surface area contributed by atoms with Crippen LogP contribution < -0.4 is 0 Å². The Labute approximate surface area is 142 Å². The number of esters is 2. The molecule has 4 heteroatoms. The summed E-state index contributed by atoms with van der Waals surface area (Å²) in [7, 11) is 0. The monoisotopic (exact) mass is 326 g/mol. The smallest absolute Gasteiger partial charge is 0.417 e. The minimum absolute atomic E-state index is 0.0626. The van der Waals surface area contributed by atoms with Crippen LogP contribution in [0.1, 0.15) is 36.1 Å². The maximum atomic E-state index is 11.7. The van der Waals surface area contributed by atoms with E-state index in [1.54, 1.807) is 0 Å². The molecule has 4 nitrogen and oxygen atoms in total. The van der Waals surface area contributed by atoms with Crippen molar-refractivity contribution in [2.75, 3.05) is 0 Å². The summed E-state index contributed by atoms with van der Waals surface area (Å²) < 4.78 is 10.0. The van der Waals surface area contributed by atoms with Crippen molar-refractivity contribution in [3.8, 4) is 0 Å². The van der Waals surface area contributed by atoms with E-state index in [2.05, 4.69) is 13.8 Å². The molecule has 0 saturated heterocycles. The van der Waals surface area contributed by atoms with Gasteiger partial charge >= 0.3 is 11.9 Å². The maximum absolute atomic E-state index is 11.7. The molecule has 0 amide bonds. The molecule has 0 radical (unpaired) electrons. The lowest BCUT2D eigenvalue weighted by molar-refractivity contribution is -0.169. The van der Waals surface area contributed by atoms with E-state index in [1.807, 2.05) is 48.5 Å².